The van der Waals surface area contributed by atoms with E-state index in [0.29, 0.717) is 17.7 Å². The second-order valence-corrected chi connectivity index (χ2v) is 9.06. The molecule has 3 aliphatic carbocycles. The molecule has 1 atom stereocenters. The smallest absolute Gasteiger partial charge is 0.233 e. The van der Waals surface area contributed by atoms with Gasteiger partial charge in [-0.3, -0.25) is 4.79 Å². The third-order valence-corrected chi connectivity index (χ3v) is 7.00. The van der Waals surface area contributed by atoms with E-state index >= 15 is 0 Å². The maximum atomic E-state index is 12.9. The Morgan fingerprint density at radius 2 is 2.00 bits per heavy atom. The lowest BCUT2D eigenvalue weighted by atomic mass is 9.87. The largest absolute Gasteiger partial charge is 0.338 e. The van der Waals surface area contributed by atoms with Crippen molar-refractivity contribution in [2.45, 2.75) is 68.1 Å². The highest BCUT2D eigenvalue weighted by Gasteiger charge is 2.36. The molecule has 1 aromatic carbocycles. The average molecular weight is 383 g/mol. The highest BCUT2D eigenvalue weighted by atomic mass is 32.2. The molecule has 2 aromatic rings. The Bertz CT molecular complexity index is 856. The van der Waals surface area contributed by atoms with Gasteiger partial charge < -0.3 is 9.47 Å². The van der Waals surface area contributed by atoms with E-state index in [1.54, 1.807) is 11.8 Å². The van der Waals surface area contributed by atoms with Crippen LogP contribution < -0.4 is 0 Å². The predicted molar refractivity (Wildman–Crippen MR) is 106 cm³/mol. The Morgan fingerprint density at radius 1 is 1.19 bits per heavy atom. The van der Waals surface area contributed by atoms with Crippen LogP contribution in [-0.2, 0) is 11.2 Å². The summed E-state index contributed by atoms with van der Waals surface area (Å²) in [4.78, 5) is 14.9. The summed E-state index contributed by atoms with van der Waals surface area (Å²) < 4.78 is 2.32. The van der Waals surface area contributed by atoms with Gasteiger partial charge in [0.1, 0.15) is 5.82 Å². The van der Waals surface area contributed by atoms with Crippen LogP contribution in [0.3, 0.4) is 0 Å². The summed E-state index contributed by atoms with van der Waals surface area (Å²) in [6.07, 6.45) is 8.23. The lowest BCUT2D eigenvalue weighted by Gasteiger charge is -2.33. The minimum absolute atomic E-state index is 0.181. The number of aromatic nitrogens is 3. The Balaban J connectivity index is 1.28. The van der Waals surface area contributed by atoms with Crippen molar-refractivity contribution in [3.8, 4) is 0 Å². The summed E-state index contributed by atoms with van der Waals surface area (Å²) in [6.45, 7) is 0. The number of amides is 1. The SMILES string of the molecule is CN(C(=O)CSc1nnc(C2CC2)n1C1CC1)[C@@H]1CCCc2ccccc21. The molecule has 2 fully saturated rings. The van der Waals surface area contributed by atoms with Gasteiger partial charge in [-0.05, 0) is 56.1 Å². The standard InChI is InChI=1S/C21H26N4OS/c1-24(18-8-4-6-14-5-2-3-7-17(14)18)19(26)13-27-21-23-22-20(15-9-10-15)25(21)16-11-12-16/h2-3,5,7,15-16,18H,4,6,8-13H2,1H3/t18-/m1/s1. The minimum atomic E-state index is 0.181. The lowest BCUT2D eigenvalue weighted by molar-refractivity contribution is -0.129. The van der Waals surface area contributed by atoms with E-state index in [4.69, 9.17) is 0 Å². The molecular formula is C21H26N4OS. The number of nitrogens with zero attached hydrogens (tertiary/aromatic N) is 4. The van der Waals surface area contributed by atoms with Crippen LogP contribution in [0.1, 0.15) is 73.5 Å². The molecule has 0 spiro atoms. The van der Waals surface area contributed by atoms with E-state index in [0.717, 1.165) is 30.2 Å². The van der Waals surface area contributed by atoms with Gasteiger partial charge in [-0.1, -0.05) is 36.0 Å². The molecule has 27 heavy (non-hydrogen) atoms. The van der Waals surface area contributed by atoms with Gasteiger partial charge in [0.05, 0.1) is 11.8 Å². The fourth-order valence-electron chi connectivity index (χ4n) is 4.22. The second kappa shape index (κ2) is 6.97. The first-order valence-electron chi connectivity index (χ1n) is 10.1. The molecule has 0 radical (unpaired) electrons. The number of hydrogen-bond acceptors (Lipinski definition) is 4. The summed E-state index contributed by atoms with van der Waals surface area (Å²) in [5.74, 6) is 2.37. The number of thioether (sulfide) groups is 1. The van der Waals surface area contributed by atoms with Gasteiger partial charge in [0.2, 0.25) is 5.91 Å². The number of hydrogen-bond donors (Lipinski definition) is 0. The van der Waals surface area contributed by atoms with Crippen LogP contribution in [0.5, 0.6) is 0 Å². The third kappa shape index (κ3) is 3.40. The zero-order valence-corrected chi connectivity index (χ0v) is 16.6. The summed E-state index contributed by atoms with van der Waals surface area (Å²) in [7, 11) is 1.96. The number of benzene rings is 1. The van der Waals surface area contributed by atoms with Gasteiger partial charge >= 0.3 is 0 Å². The number of carbonyl (C=O) groups excluding carboxylic acids is 1. The summed E-state index contributed by atoms with van der Waals surface area (Å²) >= 11 is 1.56. The first kappa shape index (κ1) is 17.3. The Hall–Kier alpha value is -1.82. The molecule has 0 unspecified atom stereocenters. The van der Waals surface area contributed by atoms with Crippen molar-refractivity contribution in [3.05, 3.63) is 41.2 Å². The Kier molecular flexibility index (Phi) is 4.46. The first-order valence-corrected chi connectivity index (χ1v) is 11.1. The van der Waals surface area contributed by atoms with Crippen LogP contribution in [-0.4, -0.2) is 38.4 Å². The molecule has 1 aromatic heterocycles. The van der Waals surface area contributed by atoms with Crippen molar-refractivity contribution < 1.29 is 4.79 Å². The molecule has 2 saturated carbocycles. The van der Waals surface area contributed by atoms with Gasteiger partial charge in [-0.25, -0.2) is 0 Å². The monoisotopic (exact) mass is 382 g/mol. The van der Waals surface area contributed by atoms with Gasteiger partial charge in [0.15, 0.2) is 5.16 Å². The van der Waals surface area contributed by atoms with Crippen LogP contribution in [0.2, 0.25) is 0 Å². The first-order chi connectivity index (χ1) is 13.2. The molecule has 5 nitrogen and oxygen atoms in total. The quantitative estimate of drug-likeness (QED) is 0.705. The van der Waals surface area contributed by atoms with Crippen LogP contribution >= 0.6 is 11.8 Å². The predicted octanol–water partition coefficient (Wildman–Crippen LogP) is 4.12. The van der Waals surface area contributed by atoms with Crippen molar-refractivity contribution in [3.63, 3.8) is 0 Å². The number of rotatable bonds is 6. The second-order valence-electron chi connectivity index (χ2n) is 8.12. The molecule has 1 heterocycles. The molecule has 142 valence electrons. The van der Waals surface area contributed by atoms with Crippen molar-refractivity contribution in [2.24, 2.45) is 0 Å². The minimum Gasteiger partial charge on any atom is -0.338 e. The zero-order valence-electron chi connectivity index (χ0n) is 15.8. The molecule has 6 heteroatoms. The average Bonchev–Trinajstić information content (AvgIpc) is 3.63. The van der Waals surface area contributed by atoms with E-state index in [1.165, 1.54) is 36.8 Å². The van der Waals surface area contributed by atoms with Gasteiger partial charge in [0, 0.05) is 19.0 Å². The molecule has 3 aliphatic rings. The third-order valence-electron chi connectivity index (χ3n) is 6.07. The van der Waals surface area contributed by atoms with Crippen LogP contribution in [0, 0.1) is 0 Å². The van der Waals surface area contributed by atoms with E-state index in [-0.39, 0.29) is 11.9 Å². The van der Waals surface area contributed by atoms with Crippen molar-refractivity contribution in [1.29, 1.82) is 0 Å². The van der Waals surface area contributed by atoms with Crippen molar-refractivity contribution in [1.82, 2.24) is 19.7 Å². The lowest BCUT2D eigenvalue weighted by Crippen LogP contribution is -2.34. The van der Waals surface area contributed by atoms with E-state index < -0.39 is 0 Å². The molecular weight excluding hydrogens is 356 g/mol. The van der Waals surface area contributed by atoms with E-state index in [1.807, 2.05) is 11.9 Å². The number of aryl methyl sites for hydroxylation is 1. The molecule has 5 rings (SSSR count). The Labute approximate surface area is 164 Å². The zero-order chi connectivity index (χ0) is 18.4. The summed E-state index contributed by atoms with van der Waals surface area (Å²) in [5, 5.41) is 9.81. The molecule has 0 aliphatic heterocycles. The van der Waals surface area contributed by atoms with E-state index in [9.17, 15) is 4.79 Å². The van der Waals surface area contributed by atoms with Crippen LogP contribution in [0.15, 0.2) is 29.4 Å². The van der Waals surface area contributed by atoms with Crippen molar-refractivity contribution in [2.75, 3.05) is 12.8 Å². The van der Waals surface area contributed by atoms with Gasteiger partial charge in [0.25, 0.3) is 0 Å². The molecule has 0 bridgehead atoms. The topological polar surface area (TPSA) is 51.0 Å². The van der Waals surface area contributed by atoms with Gasteiger partial charge in [-0.15, -0.1) is 10.2 Å². The highest BCUT2D eigenvalue weighted by Crippen LogP contribution is 2.46. The van der Waals surface area contributed by atoms with Gasteiger partial charge in [-0.2, -0.15) is 0 Å². The summed E-state index contributed by atoms with van der Waals surface area (Å²) in [5.41, 5.74) is 2.71. The van der Waals surface area contributed by atoms with E-state index in [2.05, 4.69) is 39.0 Å². The number of fused-ring (bicyclic) bond motifs is 1. The summed E-state index contributed by atoms with van der Waals surface area (Å²) in [6, 6.07) is 9.33. The molecule has 0 N–H and O–H groups in total. The highest BCUT2D eigenvalue weighted by molar-refractivity contribution is 7.99. The maximum absolute atomic E-state index is 12.9. The maximum Gasteiger partial charge on any atom is 0.233 e. The number of carbonyl (C=O) groups is 1. The molecule has 1 amide bonds. The van der Waals surface area contributed by atoms with Crippen molar-refractivity contribution >= 4 is 17.7 Å². The van der Waals surface area contributed by atoms with Crippen LogP contribution in [0.25, 0.3) is 0 Å². The fraction of sp³-hybridized carbons (Fsp3) is 0.571. The molecule has 0 saturated heterocycles. The Morgan fingerprint density at radius 3 is 2.78 bits per heavy atom. The fourth-order valence-corrected chi connectivity index (χ4v) is 5.15. The van der Waals surface area contributed by atoms with Crippen LogP contribution in [0.4, 0.5) is 0 Å². The normalized spacial score (nSPS) is 21.7.